The molecule has 1 aliphatic heterocycles. The minimum Gasteiger partial charge on any atom is -0.349 e. The molecule has 0 aliphatic carbocycles. The number of pyridine rings is 1. The highest BCUT2D eigenvalue weighted by Crippen LogP contribution is 2.31. The standard InChI is InChI=1S/C20H22N4OS/c1-14(15-8-10-21-11-9-15)22-19(25)16-5-4-12-24(13-16)20-23-17-6-2-3-7-18(17)26-20/h2-3,6-11,14,16H,4-5,12-13H2,1H3,(H,22,25)/t14-,16-/m1/s1. The second-order valence-electron chi connectivity index (χ2n) is 6.76. The number of rotatable bonds is 4. The summed E-state index contributed by atoms with van der Waals surface area (Å²) in [7, 11) is 0. The van der Waals surface area contributed by atoms with Crippen LogP contribution >= 0.6 is 11.3 Å². The van der Waals surface area contributed by atoms with Crippen LogP contribution in [0.1, 0.15) is 31.4 Å². The first-order valence-corrected chi connectivity index (χ1v) is 9.83. The van der Waals surface area contributed by atoms with Gasteiger partial charge in [0.1, 0.15) is 0 Å². The third-order valence-electron chi connectivity index (χ3n) is 4.91. The molecule has 6 heteroatoms. The van der Waals surface area contributed by atoms with Gasteiger partial charge in [-0.3, -0.25) is 9.78 Å². The van der Waals surface area contributed by atoms with Crippen molar-refractivity contribution < 1.29 is 4.79 Å². The van der Waals surface area contributed by atoms with Gasteiger partial charge < -0.3 is 10.2 Å². The number of carbonyl (C=O) groups is 1. The van der Waals surface area contributed by atoms with Crippen LogP contribution in [0.5, 0.6) is 0 Å². The van der Waals surface area contributed by atoms with E-state index in [9.17, 15) is 4.79 Å². The molecule has 2 atom stereocenters. The fourth-order valence-corrected chi connectivity index (χ4v) is 4.43. The van der Waals surface area contributed by atoms with E-state index in [0.29, 0.717) is 0 Å². The summed E-state index contributed by atoms with van der Waals surface area (Å²) in [6.07, 6.45) is 5.45. The van der Waals surface area contributed by atoms with E-state index in [-0.39, 0.29) is 17.9 Å². The number of nitrogens with one attached hydrogen (secondary N) is 1. The summed E-state index contributed by atoms with van der Waals surface area (Å²) in [5.41, 5.74) is 2.11. The van der Waals surface area contributed by atoms with Crippen molar-refractivity contribution in [3.8, 4) is 0 Å². The Morgan fingerprint density at radius 1 is 1.27 bits per heavy atom. The molecule has 1 aromatic carbocycles. The average Bonchev–Trinajstić information content (AvgIpc) is 3.13. The minimum absolute atomic E-state index is 0.0000458. The Hall–Kier alpha value is -2.47. The lowest BCUT2D eigenvalue weighted by molar-refractivity contribution is -0.125. The third-order valence-corrected chi connectivity index (χ3v) is 6.01. The first kappa shape index (κ1) is 17.0. The molecule has 26 heavy (non-hydrogen) atoms. The van der Waals surface area contributed by atoms with E-state index in [1.165, 1.54) is 4.70 Å². The van der Waals surface area contributed by atoms with E-state index in [0.717, 1.165) is 42.1 Å². The van der Waals surface area contributed by atoms with Crippen LogP contribution in [-0.2, 0) is 4.79 Å². The molecule has 0 bridgehead atoms. The number of para-hydroxylation sites is 1. The van der Waals surface area contributed by atoms with Crippen molar-refractivity contribution in [3.63, 3.8) is 0 Å². The summed E-state index contributed by atoms with van der Waals surface area (Å²) in [5.74, 6) is 0.125. The molecule has 1 fully saturated rings. The summed E-state index contributed by atoms with van der Waals surface area (Å²) >= 11 is 1.70. The lowest BCUT2D eigenvalue weighted by Crippen LogP contribution is -2.43. The molecule has 0 unspecified atom stereocenters. The van der Waals surface area contributed by atoms with Crippen LogP contribution < -0.4 is 10.2 Å². The first-order valence-electron chi connectivity index (χ1n) is 9.01. The lowest BCUT2D eigenvalue weighted by atomic mass is 9.97. The highest BCUT2D eigenvalue weighted by Gasteiger charge is 2.28. The SMILES string of the molecule is C[C@@H](NC(=O)[C@@H]1CCCN(c2nc3ccccc3s2)C1)c1ccncc1. The number of hydrogen-bond donors (Lipinski definition) is 1. The van der Waals surface area contributed by atoms with Crippen LogP contribution in [-0.4, -0.2) is 29.0 Å². The molecule has 1 saturated heterocycles. The second-order valence-corrected chi connectivity index (χ2v) is 7.77. The van der Waals surface area contributed by atoms with Gasteiger partial charge in [-0.2, -0.15) is 0 Å². The van der Waals surface area contributed by atoms with E-state index < -0.39 is 0 Å². The van der Waals surface area contributed by atoms with Crippen LogP contribution in [0, 0.1) is 5.92 Å². The number of piperidine rings is 1. The van der Waals surface area contributed by atoms with Gasteiger partial charge in [0.05, 0.1) is 22.2 Å². The number of aromatic nitrogens is 2. The molecule has 0 spiro atoms. The molecular formula is C20H22N4OS. The normalized spacial score (nSPS) is 18.7. The maximum absolute atomic E-state index is 12.8. The van der Waals surface area contributed by atoms with Gasteiger partial charge in [0.2, 0.25) is 5.91 Å². The Morgan fingerprint density at radius 2 is 2.08 bits per heavy atom. The Morgan fingerprint density at radius 3 is 2.88 bits per heavy atom. The van der Waals surface area contributed by atoms with Crippen molar-refractivity contribution >= 4 is 32.6 Å². The zero-order valence-corrected chi connectivity index (χ0v) is 15.6. The molecule has 134 valence electrons. The number of anilines is 1. The fourth-order valence-electron chi connectivity index (χ4n) is 3.43. The topological polar surface area (TPSA) is 58.1 Å². The maximum atomic E-state index is 12.8. The van der Waals surface area contributed by atoms with Crippen LogP contribution in [0.4, 0.5) is 5.13 Å². The Bertz CT molecular complexity index is 862. The van der Waals surface area contributed by atoms with Crippen LogP contribution in [0.2, 0.25) is 0 Å². The van der Waals surface area contributed by atoms with E-state index in [1.807, 2.05) is 37.3 Å². The Kier molecular flexibility index (Phi) is 4.84. The van der Waals surface area contributed by atoms with Gasteiger partial charge in [0.15, 0.2) is 5.13 Å². The van der Waals surface area contributed by atoms with Crippen molar-refractivity contribution in [2.45, 2.75) is 25.8 Å². The number of benzene rings is 1. The zero-order valence-electron chi connectivity index (χ0n) is 14.8. The van der Waals surface area contributed by atoms with Crippen molar-refractivity contribution in [1.82, 2.24) is 15.3 Å². The minimum atomic E-state index is -0.0108. The number of amides is 1. The molecule has 0 saturated carbocycles. The first-order chi connectivity index (χ1) is 12.7. The quantitative estimate of drug-likeness (QED) is 0.763. The van der Waals surface area contributed by atoms with Gasteiger partial charge >= 0.3 is 0 Å². The molecular weight excluding hydrogens is 344 g/mol. The predicted molar refractivity (Wildman–Crippen MR) is 105 cm³/mol. The van der Waals surface area contributed by atoms with Gasteiger partial charge in [0, 0.05) is 25.5 Å². The van der Waals surface area contributed by atoms with Gasteiger partial charge in [-0.1, -0.05) is 23.5 Å². The average molecular weight is 366 g/mol. The van der Waals surface area contributed by atoms with Crippen molar-refractivity contribution in [3.05, 3.63) is 54.4 Å². The highest BCUT2D eigenvalue weighted by molar-refractivity contribution is 7.22. The molecule has 5 nitrogen and oxygen atoms in total. The smallest absolute Gasteiger partial charge is 0.225 e. The molecule has 4 rings (SSSR count). The van der Waals surface area contributed by atoms with Crippen molar-refractivity contribution in [2.75, 3.05) is 18.0 Å². The van der Waals surface area contributed by atoms with Crippen molar-refractivity contribution in [2.24, 2.45) is 5.92 Å². The maximum Gasteiger partial charge on any atom is 0.225 e. The van der Waals surface area contributed by atoms with Gasteiger partial charge in [0.25, 0.3) is 0 Å². The highest BCUT2D eigenvalue weighted by atomic mass is 32.1. The zero-order chi connectivity index (χ0) is 17.9. The van der Waals surface area contributed by atoms with Crippen molar-refractivity contribution in [1.29, 1.82) is 0 Å². The van der Waals surface area contributed by atoms with Gasteiger partial charge in [-0.15, -0.1) is 0 Å². The number of carbonyl (C=O) groups excluding carboxylic acids is 1. The predicted octanol–water partition coefficient (Wildman–Crippen LogP) is 3.79. The molecule has 3 heterocycles. The monoisotopic (exact) mass is 366 g/mol. The summed E-state index contributed by atoms with van der Waals surface area (Å²) in [6.45, 7) is 3.71. The summed E-state index contributed by atoms with van der Waals surface area (Å²) < 4.78 is 1.19. The third kappa shape index (κ3) is 3.55. The fraction of sp³-hybridized carbons (Fsp3) is 0.350. The number of nitrogens with zero attached hydrogens (tertiary/aromatic N) is 3. The number of thiazole rings is 1. The van der Waals surface area contributed by atoms with E-state index in [4.69, 9.17) is 4.98 Å². The van der Waals surface area contributed by atoms with E-state index >= 15 is 0 Å². The Labute approximate surface area is 157 Å². The number of fused-ring (bicyclic) bond motifs is 1. The molecule has 1 aliphatic rings. The van der Waals surface area contributed by atoms with Crippen LogP contribution in [0.15, 0.2) is 48.8 Å². The summed E-state index contributed by atoms with van der Waals surface area (Å²) in [4.78, 5) is 23.8. The van der Waals surface area contributed by atoms with Gasteiger partial charge in [-0.05, 0) is 49.6 Å². The molecule has 3 aromatic rings. The number of hydrogen-bond acceptors (Lipinski definition) is 5. The molecule has 2 aromatic heterocycles. The molecule has 1 amide bonds. The van der Waals surface area contributed by atoms with Crippen LogP contribution in [0.3, 0.4) is 0 Å². The molecule has 1 N–H and O–H groups in total. The second kappa shape index (κ2) is 7.41. The van der Waals surface area contributed by atoms with E-state index in [1.54, 1.807) is 23.7 Å². The molecule has 0 radical (unpaired) electrons. The largest absolute Gasteiger partial charge is 0.349 e. The summed E-state index contributed by atoms with van der Waals surface area (Å²) in [6, 6.07) is 12.1. The van der Waals surface area contributed by atoms with Crippen LogP contribution in [0.25, 0.3) is 10.2 Å². The van der Waals surface area contributed by atoms with E-state index in [2.05, 4.69) is 21.3 Å². The van der Waals surface area contributed by atoms with Gasteiger partial charge in [-0.25, -0.2) is 4.98 Å². The Balaban J connectivity index is 1.43. The lowest BCUT2D eigenvalue weighted by Gasteiger charge is -2.32. The summed E-state index contributed by atoms with van der Waals surface area (Å²) in [5, 5.41) is 4.17.